The minimum atomic E-state index is -1.20. The standard InChI is InChI=1S/C12H12F3NO3/c13-7-5-8(14)12(9(15)6-7)16-10(17)3-1-2-4-11(18)19/h5-6H,1-4H2,(H,16,17)(H,18,19). The summed E-state index contributed by atoms with van der Waals surface area (Å²) in [6, 6.07) is 0.923. The number of carbonyl (C=O) groups excluding carboxylic acids is 1. The zero-order chi connectivity index (χ0) is 14.4. The van der Waals surface area contributed by atoms with Gasteiger partial charge >= 0.3 is 5.97 Å². The monoisotopic (exact) mass is 275 g/mol. The number of aliphatic carboxylic acids is 1. The number of nitrogens with one attached hydrogen (secondary N) is 1. The lowest BCUT2D eigenvalue weighted by Gasteiger charge is -2.07. The van der Waals surface area contributed by atoms with Gasteiger partial charge in [0.2, 0.25) is 5.91 Å². The Morgan fingerprint density at radius 2 is 1.58 bits per heavy atom. The molecule has 1 rings (SSSR count). The predicted octanol–water partition coefficient (Wildman–Crippen LogP) is 2.69. The molecule has 1 amide bonds. The first-order valence-corrected chi connectivity index (χ1v) is 5.56. The Balaban J connectivity index is 2.51. The Bertz CT molecular complexity index is 468. The number of carboxylic acids is 1. The van der Waals surface area contributed by atoms with Gasteiger partial charge in [0, 0.05) is 25.0 Å². The van der Waals surface area contributed by atoms with Gasteiger partial charge in [-0.1, -0.05) is 0 Å². The van der Waals surface area contributed by atoms with Crippen LogP contribution in [0.25, 0.3) is 0 Å². The molecule has 0 unspecified atom stereocenters. The van der Waals surface area contributed by atoms with E-state index in [4.69, 9.17) is 5.11 Å². The molecule has 0 aliphatic carbocycles. The first-order valence-electron chi connectivity index (χ1n) is 5.56. The molecule has 1 aromatic rings. The fourth-order valence-electron chi connectivity index (χ4n) is 1.43. The average molecular weight is 275 g/mol. The summed E-state index contributed by atoms with van der Waals surface area (Å²) in [5, 5.41) is 10.4. The second kappa shape index (κ2) is 6.77. The first kappa shape index (κ1) is 15.0. The Hall–Kier alpha value is -2.05. The summed E-state index contributed by atoms with van der Waals surface area (Å²) in [7, 11) is 0. The number of benzene rings is 1. The van der Waals surface area contributed by atoms with E-state index >= 15 is 0 Å². The van der Waals surface area contributed by atoms with Gasteiger partial charge in [-0.15, -0.1) is 0 Å². The second-order valence-electron chi connectivity index (χ2n) is 3.89. The van der Waals surface area contributed by atoms with Crippen LogP contribution in [0.2, 0.25) is 0 Å². The van der Waals surface area contributed by atoms with Crippen LogP contribution >= 0.6 is 0 Å². The Labute approximate surface area is 107 Å². The molecule has 1 aromatic carbocycles. The minimum Gasteiger partial charge on any atom is -0.481 e. The van der Waals surface area contributed by atoms with Crippen molar-refractivity contribution in [1.29, 1.82) is 0 Å². The molecular formula is C12H12F3NO3. The van der Waals surface area contributed by atoms with Gasteiger partial charge in [-0.3, -0.25) is 9.59 Å². The SMILES string of the molecule is O=C(O)CCCCC(=O)Nc1c(F)cc(F)cc1F. The van der Waals surface area contributed by atoms with Gasteiger partial charge in [0.25, 0.3) is 0 Å². The fraction of sp³-hybridized carbons (Fsp3) is 0.333. The maximum absolute atomic E-state index is 13.2. The summed E-state index contributed by atoms with van der Waals surface area (Å²) in [6.07, 6.45) is 0.426. The lowest BCUT2D eigenvalue weighted by atomic mass is 10.2. The number of unbranched alkanes of at least 4 members (excludes halogenated alkanes) is 1. The maximum Gasteiger partial charge on any atom is 0.303 e. The maximum atomic E-state index is 13.2. The van der Waals surface area contributed by atoms with Crippen molar-refractivity contribution in [2.75, 3.05) is 5.32 Å². The smallest absolute Gasteiger partial charge is 0.303 e. The van der Waals surface area contributed by atoms with E-state index in [-0.39, 0.29) is 25.7 Å². The van der Waals surface area contributed by atoms with Crippen LogP contribution in [-0.4, -0.2) is 17.0 Å². The molecule has 0 atom stereocenters. The summed E-state index contributed by atoms with van der Waals surface area (Å²) < 4.78 is 39.0. The molecule has 19 heavy (non-hydrogen) atoms. The van der Waals surface area contributed by atoms with Gasteiger partial charge in [0.1, 0.15) is 11.5 Å². The van der Waals surface area contributed by atoms with Crippen molar-refractivity contribution in [3.63, 3.8) is 0 Å². The number of carbonyl (C=O) groups is 2. The molecule has 104 valence electrons. The van der Waals surface area contributed by atoms with Crippen molar-refractivity contribution >= 4 is 17.6 Å². The van der Waals surface area contributed by atoms with Crippen molar-refractivity contribution < 1.29 is 27.9 Å². The number of rotatable bonds is 6. The molecule has 7 heteroatoms. The third-order valence-corrected chi connectivity index (χ3v) is 2.32. The van der Waals surface area contributed by atoms with Gasteiger partial charge in [-0.25, -0.2) is 13.2 Å². The normalized spacial score (nSPS) is 10.3. The number of anilines is 1. The minimum absolute atomic E-state index is 0.0659. The molecule has 0 aromatic heterocycles. The van der Waals surface area contributed by atoms with Gasteiger partial charge in [0.15, 0.2) is 11.6 Å². The van der Waals surface area contributed by atoms with Crippen LogP contribution in [0, 0.1) is 17.5 Å². The van der Waals surface area contributed by atoms with Crippen LogP contribution in [0.5, 0.6) is 0 Å². The highest BCUT2D eigenvalue weighted by Crippen LogP contribution is 2.20. The summed E-state index contributed by atoms with van der Waals surface area (Å²) in [4.78, 5) is 21.6. The van der Waals surface area contributed by atoms with E-state index < -0.39 is 35.0 Å². The van der Waals surface area contributed by atoms with Crippen molar-refractivity contribution in [1.82, 2.24) is 0 Å². The van der Waals surface area contributed by atoms with E-state index in [1.54, 1.807) is 0 Å². The van der Waals surface area contributed by atoms with E-state index in [0.717, 1.165) is 0 Å². The fourth-order valence-corrected chi connectivity index (χ4v) is 1.43. The highest BCUT2D eigenvalue weighted by molar-refractivity contribution is 5.90. The lowest BCUT2D eigenvalue weighted by Crippen LogP contribution is -2.14. The van der Waals surface area contributed by atoms with Gasteiger partial charge < -0.3 is 10.4 Å². The summed E-state index contributed by atoms with van der Waals surface area (Å²) in [5.41, 5.74) is -0.704. The molecule has 0 radical (unpaired) electrons. The van der Waals surface area contributed by atoms with Crippen LogP contribution in [0.15, 0.2) is 12.1 Å². The zero-order valence-electron chi connectivity index (χ0n) is 9.88. The molecule has 0 fully saturated rings. The van der Waals surface area contributed by atoms with E-state index in [1.165, 1.54) is 0 Å². The van der Waals surface area contributed by atoms with Crippen LogP contribution in [-0.2, 0) is 9.59 Å². The number of carboxylic acid groups (broad SMARTS) is 1. The quantitative estimate of drug-likeness (QED) is 0.784. The molecule has 0 saturated carbocycles. The Morgan fingerprint density at radius 3 is 2.11 bits per heavy atom. The third kappa shape index (κ3) is 4.99. The topological polar surface area (TPSA) is 66.4 Å². The van der Waals surface area contributed by atoms with Crippen LogP contribution in [0.3, 0.4) is 0 Å². The first-order chi connectivity index (χ1) is 8.90. The number of hydrogen-bond acceptors (Lipinski definition) is 2. The van der Waals surface area contributed by atoms with E-state index in [2.05, 4.69) is 0 Å². The Kier molecular flexibility index (Phi) is 5.35. The van der Waals surface area contributed by atoms with Crippen molar-refractivity contribution in [3.8, 4) is 0 Å². The van der Waals surface area contributed by atoms with Gasteiger partial charge in [0.05, 0.1) is 0 Å². The average Bonchev–Trinajstić information content (AvgIpc) is 2.29. The zero-order valence-corrected chi connectivity index (χ0v) is 9.88. The summed E-state index contributed by atoms with van der Waals surface area (Å²) >= 11 is 0. The molecule has 0 spiro atoms. The number of halogens is 3. The van der Waals surface area contributed by atoms with E-state index in [9.17, 15) is 22.8 Å². The van der Waals surface area contributed by atoms with Crippen LogP contribution in [0.4, 0.5) is 18.9 Å². The molecule has 0 bridgehead atoms. The molecule has 0 aliphatic heterocycles. The number of hydrogen-bond donors (Lipinski definition) is 2. The highest BCUT2D eigenvalue weighted by atomic mass is 19.1. The lowest BCUT2D eigenvalue weighted by molar-refractivity contribution is -0.137. The molecular weight excluding hydrogens is 263 g/mol. The summed E-state index contributed by atoms with van der Waals surface area (Å²) in [5.74, 6) is -5.10. The molecule has 0 saturated heterocycles. The highest BCUT2D eigenvalue weighted by Gasteiger charge is 2.14. The van der Waals surface area contributed by atoms with Crippen molar-refractivity contribution in [2.45, 2.75) is 25.7 Å². The van der Waals surface area contributed by atoms with E-state index in [1.807, 2.05) is 5.32 Å². The second-order valence-corrected chi connectivity index (χ2v) is 3.89. The summed E-state index contributed by atoms with van der Waals surface area (Å²) in [6.45, 7) is 0. The molecule has 0 heterocycles. The third-order valence-electron chi connectivity index (χ3n) is 2.32. The van der Waals surface area contributed by atoms with Gasteiger partial charge in [-0.05, 0) is 12.8 Å². The van der Waals surface area contributed by atoms with E-state index in [0.29, 0.717) is 12.1 Å². The molecule has 0 aliphatic rings. The molecule has 2 N–H and O–H groups in total. The Morgan fingerprint density at radius 1 is 1.05 bits per heavy atom. The predicted molar refractivity (Wildman–Crippen MR) is 61.0 cm³/mol. The van der Waals surface area contributed by atoms with Gasteiger partial charge in [-0.2, -0.15) is 0 Å². The number of amides is 1. The van der Waals surface area contributed by atoms with Crippen molar-refractivity contribution in [3.05, 3.63) is 29.6 Å². The van der Waals surface area contributed by atoms with Crippen LogP contribution < -0.4 is 5.32 Å². The largest absolute Gasteiger partial charge is 0.481 e. The molecule has 4 nitrogen and oxygen atoms in total. The van der Waals surface area contributed by atoms with Crippen molar-refractivity contribution in [2.24, 2.45) is 0 Å². The van der Waals surface area contributed by atoms with Crippen LogP contribution in [0.1, 0.15) is 25.7 Å².